The lowest BCUT2D eigenvalue weighted by Crippen LogP contribution is -2.15. The van der Waals surface area contributed by atoms with E-state index in [2.05, 4.69) is 55.6 Å². The molecule has 4 rings (SSSR count). The van der Waals surface area contributed by atoms with Crippen LogP contribution >= 0.6 is 11.6 Å². The fourth-order valence-corrected chi connectivity index (χ4v) is 4.26. The molecule has 0 bridgehead atoms. The van der Waals surface area contributed by atoms with E-state index >= 15 is 0 Å². The Morgan fingerprint density at radius 3 is 2.56 bits per heavy atom. The topological polar surface area (TPSA) is 24.9 Å². The molecule has 1 heterocycles. The van der Waals surface area contributed by atoms with Crippen LogP contribution in [0.4, 0.5) is 5.82 Å². The predicted octanol–water partition coefficient (Wildman–Crippen LogP) is 6.76. The molecule has 1 unspecified atom stereocenters. The number of hydrogen-bond acceptors (Lipinski definition) is 2. The summed E-state index contributed by atoms with van der Waals surface area (Å²) >= 11 is 6.46. The third-order valence-electron chi connectivity index (χ3n) is 5.50. The first kappa shape index (κ1) is 18.1. The van der Waals surface area contributed by atoms with Crippen LogP contribution in [0.1, 0.15) is 48.1 Å². The second-order valence-corrected chi connectivity index (χ2v) is 7.81. The molecular formula is C24H25ClN2. The minimum atomic E-state index is 0.200. The molecular weight excluding hydrogens is 352 g/mol. The average molecular weight is 377 g/mol. The number of halogens is 1. The Kier molecular flexibility index (Phi) is 5.18. The molecule has 3 heteroatoms. The molecule has 1 atom stereocenters. The van der Waals surface area contributed by atoms with E-state index in [1.54, 1.807) is 0 Å². The Bertz CT molecular complexity index is 964. The fraction of sp³-hybridized carbons (Fsp3) is 0.292. The van der Waals surface area contributed by atoms with Crippen molar-refractivity contribution in [1.29, 1.82) is 0 Å². The van der Waals surface area contributed by atoms with Gasteiger partial charge >= 0.3 is 0 Å². The number of aryl methyl sites for hydroxylation is 2. The lowest BCUT2D eigenvalue weighted by Gasteiger charge is -2.24. The Labute approximate surface area is 166 Å². The van der Waals surface area contributed by atoms with Crippen LogP contribution in [0.2, 0.25) is 5.02 Å². The van der Waals surface area contributed by atoms with Crippen molar-refractivity contribution in [3.8, 4) is 11.3 Å². The van der Waals surface area contributed by atoms with Crippen LogP contribution in [0.5, 0.6) is 0 Å². The highest BCUT2D eigenvalue weighted by molar-refractivity contribution is 6.33. The third-order valence-corrected chi connectivity index (χ3v) is 5.83. The smallest absolute Gasteiger partial charge is 0.130 e. The Morgan fingerprint density at radius 1 is 1.00 bits per heavy atom. The Hall–Kier alpha value is -2.32. The van der Waals surface area contributed by atoms with E-state index in [0.717, 1.165) is 34.9 Å². The number of fused-ring (bicyclic) bond motifs is 1. The van der Waals surface area contributed by atoms with Crippen LogP contribution in [0, 0.1) is 6.92 Å². The van der Waals surface area contributed by atoms with E-state index in [9.17, 15) is 0 Å². The molecule has 3 aromatic rings. The lowest BCUT2D eigenvalue weighted by atomic mass is 9.90. The van der Waals surface area contributed by atoms with Gasteiger partial charge in [0.1, 0.15) is 5.82 Å². The maximum Gasteiger partial charge on any atom is 0.130 e. The van der Waals surface area contributed by atoms with Crippen molar-refractivity contribution in [3.05, 3.63) is 81.9 Å². The SMILES string of the molecule is Cc1ccccc1C(C)Nc1nc(-c2ccccc2Cl)cc2c1CCCC2. The number of benzene rings is 2. The predicted molar refractivity (Wildman–Crippen MR) is 115 cm³/mol. The first-order valence-corrected chi connectivity index (χ1v) is 10.1. The van der Waals surface area contributed by atoms with Crippen LogP contribution in [0.15, 0.2) is 54.6 Å². The second-order valence-electron chi connectivity index (χ2n) is 7.40. The van der Waals surface area contributed by atoms with Crippen molar-refractivity contribution < 1.29 is 0 Å². The molecule has 0 spiro atoms. The summed E-state index contributed by atoms with van der Waals surface area (Å²) in [6, 6.07) is 18.9. The van der Waals surface area contributed by atoms with Crippen molar-refractivity contribution in [2.24, 2.45) is 0 Å². The molecule has 2 aromatic carbocycles. The van der Waals surface area contributed by atoms with Crippen LogP contribution in [-0.4, -0.2) is 4.98 Å². The van der Waals surface area contributed by atoms with E-state index in [1.165, 1.54) is 35.1 Å². The summed E-state index contributed by atoms with van der Waals surface area (Å²) in [5, 5.41) is 4.45. The van der Waals surface area contributed by atoms with Gasteiger partial charge in [0.15, 0.2) is 0 Å². The number of anilines is 1. The van der Waals surface area contributed by atoms with Crippen molar-refractivity contribution >= 4 is 17.4 Å². The summed E-state index contributed by atoms with van der Waals surface area (Å²) in [5.41, 5.74) is 7.35. The zero-order valence-corrected chi connectivity index (χ0v) is 16.7. The zero-order valence-electron chi connectivity index (χ0n) is 15.9. The first-order chi connectivity index (χ1) is 13.1. The molecule has 0 saturated heterocycles. The zero-order chi connectivity index (χ0) is 18.8. The molecule has 1 aliphatic carbocycles. The van der Waals surface area contributed by atoms with Crippen molar-refractivity contribution in [2.45, 2.75) is 45.6 Å². The summed E-state index contributed by atoms with van der Waals surface area (Å²) in [5.74, 6) is 1.01. The summed E-state index contributed by atoms with van der Waals surface area (Å²) < 4.78 is 0. The minimum Gasteiger partial charge on any atom is -0.363 e. The molecule has 1 N–H and O–H groups in total. The van der Waals surface area contributed by atoms with Gasteiger partial charge in [-0.25, -0.2) is 4.98 Å². The summed E-state index contributed by atoms with van der Waals surface area (Å²) in [7, 11) is 0. The quantitative estimate of drug-likeness (QED) is 0.543. The Morgan fingerprint density at radius 2 is 1.74 bits per heavy atom. The van der Waals surface area contributed by atoms with Gasteiger partial charge in [-0.2, -0.15) is 0 Å². The monoisotopic (exact) mass is 376 g/mol. The van der Waals surface area contributed by atoms with E-state index < -0.39 is 0 Å². The second kappa shape index (κ2) is 7.74. The summed E-state index contributed by atoms with van der Waals surface area (Å²) in [6.45, 7) is 4.37. The van der Waals surface area contributed by atoms with E-state index in [4.69, 9.17) is 16.6 Å². The molecule has 27 heavy (non-hydrogen) atoms. The first-order valence-electron chi connectivity index (χ1n) is 9.73. The maximum absolute atomic E-state index is 6.46. The van der Waals surface area contributed by atoms with Gasteiger partial charge in [0, 0.05) is 10.6 Å². The Balaban J connectivity index is 1.76. The lowest BCUT2D eigenvalue weighted by molar-refractivity contribution is 0.681. The van der Waals surface area contributed by atoms with Gasteiger partial charge in [-0.05, 0) is 73.9 Å². The van der Waals surface area contributed by atoms with E-state index in [-0.39, 0.29) is 6.04 Å². The fourth-order valence-electron chi connectivity index (χ4n) is 4.03. The van der Waals surface area contributed by atoms with Crippen molar-refractivity contribution in [2.75, 3.05) is 5.32 Å². The highest BCUT2D eigenvalue weighted by atomic mass is 35.5. The molecule has 1 aromatic heterocycles. The molecule has 0 fully saturated rings. The molecule has 0 amide bonds. The average Bonchev–Trinajstić information content (AvgIpc) is 2.68. The standard InChI is InChI=1S/C24H25ClN2/c1-16-9-3-5-11-19(16)17(2)26-24-20-12-6-4-10-18(20)15-23(27-24)21-13-7-8-14-22(21)25/h3,5,7-9,11,13-15,17H,4,6,10,12H2,1-2H3,(H,26,27). The van der Waals surface area contributed by atoms with Gasteiger partial charge in [-0.3, -0.25) is 0 Å². The number of aromatic nitrogens is 1. The van der Waals surface area contributed by atoms with Gasteiger partial charge in [-0.15, -0.1) is 0 Å². The third kappa shape index (κ3) is 3.72. The molecule has 2 nitrogen and oxygen atoms in total. The number of rotatable bonds is 4. The van der Waals surface area contributed by atoms with Crippen LogP contribution in [0.25, 0.3) is 11.3 Å². The number of nitrogens with zero attached hydrogens (tertiary/aromatic N) is 1. The van der Waals surface area contributed by atoms with Gasteiger partial charge in [0.05, 0.1) is 11.7 Å². The molecule has 0 aliphatic heterocycles. The summed E-state index contributed by atoms with van der Waals surface area (Å²) in [6.07, 6.45) is 4.68. The highest BCUT2D eigenvalue weighted by Gasteiger charge is 2.19. The number of pyridine rings is 1. The molecule has 1 aliphatic rings. The van der Waals surface area contributed by atoms with Gasteiger partial charge in [-0.1, -0.05) is 54.1 Å². The van der Waals surface area contributed by atoms with Gasteiger partial charge in [0.2, 0.25) is 0 Å². The number of hydrogen-bond donors (Lipinski definition) is 1. The largest absolute Gasteiger partial charge is 0.363 e. The van der Waals surface area contributed by atoms with Crippen LogP contribution < -0.4 is 5.32 Å². The maximum atomic E-state index is 6.46. The van der Waals surface area contributed by atoms with E-state index in [0.29, 0.717) is 0 Å². The number of nitrogens with one attached hydrogen (secondary N) is 1. The van der Waals surface area contributed by atoms with Crippen molar-refractivity contribution in [1.82, 2.24) is 4.98 Å². The van der Waals surface area contributed by atoms with Gasteiger partial charge in [0.25, 0.3) is 0 Å². The summed E-state index contributed by atoms with van der Waals surface area (Å²) in [4.78, 5) is 5.02. The van der Waals surface area contributed by atoms with Crippen LogP contribution in [-0.2, 0) is 12.8 Å². The molecule has 138 valence electrons. The van der Waals surface area contributed by atoms with Gasteiger partial charge < -0.3 is 5.32 Å². The normalized spacial score (nSPS) is 14.5. The molecule has 0 saturated carbocycles. The molecule has 0 radical (unpaired) electrons. The van der Waals surface area contributed by atoms with E-state index in [1.807, 2.05) is 18.2 Å². The minimum absolute atomic E-state index is 0.200. The van der Waals surface area contributed by atoms with Crippen LogP contribution in [0.3, 0.4) is 0 Å². The highest BCUT2D eigenvalue weighted by Crippen LogP contribution is 2.35. The van der Waals surface area contributed by atoms with Crippen molar-refractivity contribution in [3.63, 3.8) is 0 Å².